The molecule has 0 saturated heterocycles. The third kappa shape index (κ3) is 3.03. The van der Waals surface area contributed by atoms with Crippen LogP contribution in [0.5, 0.6) is 0 Å². The number of furan rings is 1. The van der Waals surface area contributed by atoms with Crippen LogP contribution >= 0.6 is 0 Å². The fraction of sp³-hybridized carbons (Fsp3) is 0.0370. The van der Waals surface area contributed by atoms with Crippen LogP contribution in [0.3, 0.4) is 0 Å². The molecule has 0 bridgehead atoms. The van der Waals surface area contributed by atoms with Gasteiger partial charge in [-0.25, -0.2) is 4.98 Å². The Hall–Kier alpha value is -4.38. The fourth-order valence-corrected chi connectivity index (χ4v) is 4.20. The second kappa shape index (κ2) is 7.39. The van der Waals surface area contributed by atoms with Gasteiger partial charge in [0.15, 0.2) is 5.82 Å². The Morgan fingerprint density at radius 3 is 2.53 bits per heavy atom. The summed E-state index contributed by atoms with van der Waals surface area (Å²) in [5.74, 6) is 1.32. The molecule has 5 heteroatoms. The molecule has 3 aromatic carbocycles. The standard InChI is InChI=1S/C27H19N3O2/c31-27-23(16-20-12-7-15-32-20)29-26-25(22-14-6-11-18-8-4-5-13-21(18)22)28-24(17-30(26)27)19-9-2-1-3-10-19/h1-15,17,28H,16H2. The Labute approximate surface area is 183 Å². The van der Waals surface area contributed by atoms with Crippen LogP contribution in [0, 0.1) is 0 Å². The number of aromatic nitrogens is 3. The van der Waals surface area contributed by atoms with Crippen molar-refractivity contribution in [2.75, 3.05) is 0 Å². The number of nitrogens with zero attached hydrogens (tertiary/aromatic N) is 2. The monoisotopic (exact) mass is 417 g/mol. The van der Waals surface area contributed by atoms with E-state index >= 15 is 0 Å². The molecule has 3 heterocycles. The summed E-state index contributed by atoms with van der Waals surface area (Å²) in [6, 6.07) is 28.1. The molecule has 0 spiro atoms. The molecule has 0 unspecified atom stereocenters. The lowest BCUT2D eigenvalue weighted by Crippen LogP contribution is -2.16. The maximum absolute atomic E-state index is 13.3. The third-order valence-corrected chi connectivity index (χ3v) is 5.74. The van der Waals surface area contributed by atoms with E-state index in [1.54, 1.807) is 10.8 Å². The van der Waals surface area contributed by atoms with E-state index in [1.165, 1.54) is 0 Å². The topological polar surface area (TPSA) is 63.8 Å². The molecule has 0 radical (unpaired) electrons. The number of hydrogen-bond acceptors (Lipinski definition) is 3. The smallest absolute Gasteiger partial charge is 0.278 e. The van der Waals surface area contributed by atoms with Crippen molar-refractivity contribution in [1.29, 1.82) is 0 Å². The van der Waals surface area contributed by atoms with E-state index in [0.29, 0.717) is 23.7 Å². The van der Waals surface area contributed by atoms with Crippen LogP contribution in [-0.4, -0.2) is 14.5 Å². The average Bonchev–Trinajstić information content (AvgIpc) is 3.47. The number of H-pyrrole nitrogens is 1. The van der Waals surface area contributed by atoms with Crippen LogP contribution in [0.2, 0.25) is 0 Å². The number of imidazole rings is 1. The normalized spacial score (nSPS) is 11.4. The van der Waals surface area contributed by atoms with E-state index in [-0.39, 0.29) is 5.56 Å². The highest BCUT2D eigenvalue weighted by Gasteiger charge is 2.22. The van der Waals surface area contributed by atoms with Gasteiger partial charge < -0.3 is 9.40 Å². The molecule has 5 nitrogen and oxygen atoms in total. The van der Waals surface area contributed by atoms with Gasteiger partial charge in [0, 0.05) is 11.8 Å². The Bertz CT molecular complexity index is 1560. The minimum atomic E-state index is -0.135. The van der Waals surface area contributed by atoms with Gasteiger partial charge in [-0.15, -0.1) is 0 Å². The number of hydrogen-bond donors (Lipinski definition) is 1. The lowest BCUT2D eigenvalue weighted by atomic mass is 10.0. The minimum absolute atomic E-state index is 0.135. The summed E-state index contributed by atoms with van der Waals surface area (Å²) in [6.07, 6.45) is 3.79. The Kier molecular flexibility index (Phi) is 4.25. The van der Waals surface area contributed by atoms with Gasteiger partial charge in [0.25, 0.3) is 5.56 Å². The number of rotatable bonds is 4. The van der Waals surface area contributed by atoms with Crippen molar-refractivity contribution in [3.63, 3.8) is 0 Å². The molecule has 1 N–H and O–H groups in total. The summed E-state index contributed by atoms with van der Waals surface area (Å²) >= 11 is 0. The van der Waals surface area contributed by atoms with Crippen molar-refractivity contribution >= 4 is 10.8 Å². The number of nitrogens with one attached hydrogen (secondary N) is 1. The van der Waals surface area contributed by atoms with Crippen LogP contribution in [0.15, 0.2) is 107 Å². The lowest BCUT2D eigenvalue weighted by Gasteiger charge is -2.15. The first-order valence-corrected chi connectivity index (χ1v) is 10.5. The van der Waals surface area contributed by atoms with Crippen molar-refractivity contribution < 1.29 is 4.42 Å². The SMILES string of the molecule is O=c1c(Cc2ccco2)nc2c(-c3cccc4ccccc34)[nH]c(-c3ccccc3)cn1-2. The predicted molar refractivity (Wildman–Crippen MR) is 125 cm³/mol. The first-order chi connectivity index (χ1) is 15.8. The molecule has 4 aromatic rings. The molecule has 0 aliphatic carbocycles. The maximum atomic E-state index is 13.3. The molecule has 1 aromatic heterocycles. The highest BCUT2D eigenvalue weighted by atomic mass is 16.3. The summed E-state index contributed by atoms with van der Waals surface area (Å²) in [5.41, 5.74) is 3.98. The summed E-state index contributed by atoms with van der Waals surface area (Å²) < 4.78 is 7.11. The van der Waals surface area contributed by atoms with Gasteiger partial charge in [0.05, 0.1) is 24.1 Å². The molecule has 154 valence electrons. The predicted octanol–water partition coefficient (Wildman–Crippen LogP) is 5.67. The minimum Gasteiger partial charge on any atom is -0.469 e. The second-order valence-corrected chi connectivity index (χ2v) is 7.75. The maximum Gasteiger partial charge on any atom is 0.278 e. The van der Waals surface area contributed by atoms with Gasteiger partial charge in [-0.3, -0.25) is 9.36 Å². The zero-order valence-corrected chi connectivity index (χ0v) is 17.2. The van der Waals surface area contributed by atoms with Crippen LogP contribution in [-0.2, 0) is 6.42 Å². The van der Waals surface area contributed by atoms with E-state index in [9.17, 15) is 4.79 Å². The molecule has 0 atom stereocenters. The van der Waals surface area contributed by atoms with Crippen molar-refractivity contribution in [1.82, 2.24) is 14.5 Å². The molecule has 6 rings (SSSR count). The van der Waals surface area contributed by atoms with Gasteiger partial charge in [-0.1, -0.05) is 72.8 Å². The van der Waals surface area contributed by atoms with Crippen LogP contribution in [0.4, 0.5) is 0 Å². The van der Waals surface area contributed by atoms with E-state index in [2.05, 4.69) is 29.2 Å². The van der Waals surface area contributed by atoms with Crippen LogP contribution < -0.4 is 5.56 Å². The Morgan fingerprint density at radius 1 is 0.875 bits per heavy atom. The number of benzene rings is 3. The van der Waals surface area contributed by atoms with Gasteiger partial charge in [-0.05, 0) is 28.5 Å². The number of fused-ring (bicyclic) bond motifs is 2. The van der Waals surface area contributed by atoms with E-state index < -0.39 is 0 Å². The molecule has 2 aliphatic heterocycles. The van der Waals surface area contributed by atoms with E-state index in [1.807, 2.05) is 66.9 Å². The van der Waals surface area contributed by atoms with Gasteiger partial charge >= 0.3 is 0 Å². The highest BCUT2D eigenvalue weighted by molar-refractivity contribution is 5.97. The molecule has 2 aliphatic rings. The quantitative estimate of drug-likeness (QED) is 0.402. The molecular formula is C27H19N3O2. The molecule has 0 fully saturated rings. The van der Waals surface area contributed by atoms with Crippen LogP contribution in [0.25, 0.3) is 39.1 Å². The first kappa shape index (κ1) is 18.4. The van der Waals surface area contributed by atoms with Crippen LogP contribution in [0.1, 0.15) is 11.5 Å². The molecule has 32 heavy (non-hydrogen) atoms. The van der Waals surface area contributed by atoms with Crippen molar-refractivity contribution in [2.45, 2.75) is 6.42 Å². The first-order valence-electron chi connectivity index (χ1n) is 10.5. The largest absolute Gasteiger partial charge is 0.469 e. The van der Waals surface area contributed by atoms with Gasteiger partial charge in [-0.2, -0.15) is 0 Å². The van der Waals surface area contributed by atoms with Crippen molar-refractivity contribution in [3.05, 3.63) is 119 Å². The summed E-state index contributed by atoms with van der Waals surface area (Å²) in [5, 5.41) is 2.23. The third-order valence-electron chi connectivity index (χ3n) is 5.74. The van der Waals surface area contributed by atoms with Gasteiger partial charge in [0.1, 0.15) is 11.5 Å². The Balaban J connectivity index is 1.64. The molecular weight excluding hydrogens is 398 g/mol. The van der Waals surface area contributed by atoms with Gasteiger partial charge in [0.2, 0.25) is 0 Å². The Morgan fingerprint density at radius 2 is 1.69 bits per heavy atom. The lowest BCUT2D eigenvalue weighted by molar-refractivity contribution is 0.519. The van der Waals surface area contributed by atoms with E-state index in [4.69, 9.17) is 9.40 Å². The highest BCUT2D eigenvalue weighted by Crippen LogP contribution is 2.33. The second-order valence-electron chi connectivity index (χ2n) is 7.75. The molecule has 0 saturated carbocycles. The summed E-state index contributed by atoms with van der Waals surface area (Å²) in [6.45, 7) is 0. The fourth-order valence-electron chi connectivity index (χ4n) is 4.20. The average molecular weight is 417 g/mol. The van der Waals surface area contributed by atoms with Crippen molar-refractivity contribution in [3.8, 4) is 28.3 Å². The zero-order chi connectivity index (χ0) is 21.5. The summed E-state index contributed by atoms with van der Waals surface area (Å²) in [7, 11) is 0. The summed E-state index contributed by atoms with van der Waals surface area (Å²) in [4.78, 5) is 21.7. The van der Waals surface area contributed by atoms with E-state index in [0.717, 1.165) is 33.3 Å². The van der Waals surface area contributed by atoms with Crippen molar-refractivity contribution in [2.24, 2.45) is 0 Å². The molecule has 0 amide bonds. The zero-order valence-electron chi connectivity index (χ0n) is 17.2. The number of aromatic amines is 1.